The van der Waals surface area contributed by atoms with Gasteiger partial charge in [-0.05, 0) is 6.42 Å². The second kappa shape index (κ2) is 4.89. The Labute approximate surface area is 74.6 Å². The Balaban J connectivity index is 4.13. The maximum atomic E-state index is 12.1. The summed E-state index contributed by atoms with van der Waals surface area (Å²) in [6, 6.07) is 0. The molecule has 2 N–H and O–H groups in total. The average Bonchev–Trinajstić information content (AvgIpc) is 1.95. The van der Waals surface area contributed by atoms with Crippen LogP contribution in [0.4, 0.5) is 13.2 Å². The number of hydrogen-bond acceptors (Lipinski definition) is 1. The van der Waals surface area contributed by atoms with Crippen molar-refractivity contribution in [1.29, 1.82) is 0 Å². The van der Waals surface area contributed by atoms with Gasteiger partial charge in [0.15, 0.2) is 0 Å². The molecular weight excluding hydrogens is 183 g/mol. The second-order valence-electron chi connectivity index (χ2n) is 2.65. The number of primary amides is 1. The Morgan fingerprint density at radius 3 is 2.38 bits per heavy atom. The fourth-order valence-corrected chi connectivity index (χ4v) is 0.825. The molecule has 0 fully saturated rings. The van der Waals surface area contributed by atoms with Crippen LogP contribution in [0.3, 0.4) is 0 Å². The van der Waals surface area contributed by atoms with Crippen molar-refractivity contribution < 1.29 is 18.0 Å². The van der Waals surface area contributed by atoms with Gasteiger partial charge in [-0.15, -0.1) is 0 Å². The Bertz CT molecular complexity index is 198. The monoisotopic (exact) mass is 195 g/mol. The minimum atomic E-state index is -4.23. The number of allylic oxidation sites excluding steroid dienone is 1. The number of alkyl halides is 3. The highest BCUT2D eigenvalue weighted by Gasteiger charge is 2.35. The molecule has 0 aromatic rings. The Morgan fingerprint density at radius 2 is 2.08 bits per heavy atom. The summed E-state index contributed by atoms with van der Waals surface area (Å²) < 4.78 is 36.2. The summed E-state index contributed by atoms with van der Waals surface area (Å²) in [5, 5.41) is 0. The number of hydrogen-bond donors (Lipinski definition) is 1. The summed E-state index contributed by atoms with van der Waals surface area (Å²) in [4.78, 5) is 10.2. The van der Waals surface area contributed by atoms with Crippen LogP contribution in [0.2, 0.25) is 0 Å². The van der Waals surface area contributed by atoms with Crippen molar-refractivity contribution in [3.05, 3.63) is 12.2 Å². The molecule has 0 aliphatic rings. The van der Waals surface area contributed by atoms with E-state index in [1.807, 2.05) is 0 Å². The molecule has 5 heteroatoms. The third-order valence-corrected chi connectivity index (χ3v) is 1.55. The Morgan fingerprint density at radius 1 is 1.54 bits per heavy atom. The van der Waals surface area contributed by atoms with Gasteiger partial charge >= 0.3 is 6.18 Å². The van der Waals surface area contributed by atoms with E-state index < -0.39 is 18.0 Å². The van der Waals surface area contributed by atoms with Crippen LogP contribution in [0, 0.1) is 5.92 Å². The van der Waals surface area contributed by atoms with E-state index in [0.717, 1.165) is 12.2 Å². The molecule has 0 aliphatic heterocycles. The second-order valence-corrected chi connectivity index (χ2v) is 2.65. The lowest BCUT2D eigenvalue weighted by Crippen LogP contribution is -2.20. The number of nitrogens with two attached hydrogens (primary N) is 1. The van der Waals surface area contributed by atoms with E-state index in [9.17, 15) is 18.0 Å². The first kappa shape index (κ1) is 12.0. The standard InChI is InChI=1S/C8H12F3NO/c1-2-6(8(9,10)11)4-3-5-7(12)13/h3-4,6H,2,5H2,1H3,(H2,12,13)/b4-3-/t6-/m0/s1. The van der Waals surface area contributed by atoms with Crippen LogP contribution in [0.15, 0.2) is 12.2 Å². The van der Waals surface area contributed by atoms with E-state index in [0.29, 0.717) is 0 Å². The predicted octanol–water partition coefficient (Wildman–Crippen LogP) is 2.01. The van der Waals surface area contributed by atoms with Crippen LogP contribution in [-0.4, -0.2) is 12.1 Å². The van der Waals surface area contributed by atoms with Gasteiger partial charge in [0, 0.05) is 6.42 Å². The molecule has 0 unspecified atom stereocenters. The van der Waals surface area contributed by atoms with Crippen molar-refractivity contribution in [2.24, 2.45) is 11.7 Å². The summed E-state index contributed by atoms with van der Waals surface area (Å²) in [5.74, 6) is -2.11. The lowest BCUT2D eigenvalue weighted by molar-refractivity contribution is -0.161. The van der Waals surface area contributed by atoms with E-state index in [-0.39, 0.29) is 12.8 Å². The van der Waals surface area contributed by atoms with Gasteiger partial charge < -0.3 is 5.73 Å². The molecule has 0 radical (unpaired) electrons. The summed E-state index contributed by atoms with van der Waals surface area (Å²) >= 11 is 0. The fourth-order valence-electron chi connectivity index (χ4n) is 0.825. The van der Waals surface area contributed by atoms with Gasteiger partial charge in [0.2, 0.25) is 5.91 Å². The summed E-state index contributed by atoms with van der Waals surface area (Å²) in [5.41, 5.74) is 4.76. The molecule has 1 atom stereocenters. The number of rotatable bonds is 4. The molecule has 0 rings (SSSR count). The first-order valence-electron chi connectivity index (χ1n) is 3.89. The minimum Gasteiger partial charge on any atom is -0.369 e. The molecule has 0 aliphatic carbocycles. The Kier molecular flexibility index (Phi) is 4.51. The third-order valence-electron chi connectivity index (χ3n) is 1.55. The van der Waals surface area contributed by atoms with Gasteiger partial charge in [0.1, 0.15) is 0 Å². The quantitative estimate of drug-likeness (QED) is 0.685. The first-order valence-corrected chi connectivity index (χ1v) is 3.89. The molecule has 0 heterocycles. The maximum Gasteiger partial charge on any atom is 0.395 e. The van der Waals surface area contributed by atoms with Gasteiger partial charge in [0.25, 0.3) is 0 Å². The lowest BCUT2D eigenvalue weighted by Gasteiger charge is -2.13. The summed E-state index contributed by atoms with van der Waals surface area (Å²) in [6.07, 6.45) is -2.27. The van der Waals surface area contributed by atoms with Crippen molar-refractivity contribution in [3.8, 4) is 0 Å². The molecule has 0 bridgehead atoms. The third kappa shape index (κ3) is 5.27. The zero-order valence-corrected chi connectivity index (χ0v) is 7.27. The van der Waals surface area contributed by atoms with E-state index in [1.54, 1.807) is 0 Å². The molecule has 76 valence electrons. The molecule has 0 aromatic heterocycles. The molecule has 0 saturated carbocycles. The number of carbonyl (C=O) groups is 1. The van der Waals surface area contributed by atoms with Crippen molar-refractivity contribution >= 4 is 5.91 Å². The number of halogens is 3. The molecule has 0 spiro atoms. The highest BCUT2D eigenvalue weighted by atomic mass is 19.4. The first-order chi connectivity index (χ1) is 5.88. The normalized spacial score (nSPS) is 14.8. The topological polar surface area (TPSA) is 43.1 Å². The lowest BCUT2D eigenvalue weighted by atomic mass is 10.1. The SMILES string of the molecule is CC[C@@H](/C=C\CC(N)=O)C(F)(F)F. The van der Waals surface area contributed by atoms with Gasteiger partial charge in [-0.2, -0.15) is 13.2 Å². The molecule has 0 aromatic carbocycles. The van der Waals surface area contributed by atoms with Crippen molar-refractivity contribution in [3.63, 3.8) is 0 Å². The smallest absolute Gasteiger partial charge is 0.369 e. The summed E-state index contributed by atoms with van der Waals surface area (Å²) in [6.45, 7) is 1.44. The molecular formula is C8H12F3NO. The molecule has 2 nitrogen and oxygen atoms in total. The fraction of sp³-hybridized carbons (Fsp3) is 0.625. The van der Waals surface area contributed by atoms with Crippen LogP contribution in [-0.2, 0) is 4.79 Å². The summed E-state index contributed by atoms with van der Waals surface area (Å²) in [7, 11) is 0. The van der Waals surface area contributed by atoms with Gasteiger partial charge in [0.05, 0.1) is 5.92 Å². The van der Waals surface area contributed by atoms with Gasteiger partial charge in [-0.3, -0.25) is 4.79 Å². The minimum absolute atomic E-state index is 0.0290. The maximum absolute atomic E-state index is 12.1. The average molecular weight is 195 g/mol. The number of amides is 1. The largest absolute Gasteiger partial charge is 0.395 e. The van der Waals surface area contributed by atoms with Crippen LogP contribution in [0.5, 0.6) is 0 Å². The van der Waals surface area contributed by atoms with Crippen molar-refractivity contribution in [2.75, 3.05) is 0 Å². The molecule has 0 saturated heterocycles. The number of carbonyl (C=O) groups excluding carboxylic acids is 1. The van der Waals surface area contributed by atoms with E-state index in [2.05, 4.69) is 0 Å². The highest BCUT2D eigenvalue weighted by Crippen LogP contribution is 2.29. The van der Waals surface area contributed by atoms with Crippen LogP contribution < -0.4 is 5.73 Å². The van der Waals surface area contributed by atoms with E-state index >= 15 is 0 Å². The van der Waals surface area contributed by atoms with Crippen molar-refractivity contribution in [2.45, 2.75) is 25.9 Å². The van der Waals surface area contributed by atoms with Crippen LogP contribution in [0.1, 0.15) is 19.8 Å². The van der Waals surface area contributed by atoms with E-state index in [4.69, 9.17) is 5.73 Å². The van der Waals surface area contributed by atoms with Crippen LogP contribution in [0.25, 0.3) is 0 Å². The highest BCUT2D eigenvalue weighted by molar-refractivity contribution is 5.75. The zero-order valence-electron chi connectivity index (χ0n) is 7.27. The van der Waals surface area contributed by atoms with E-state index in [1.165, 1.54) is 6.92 Å². The molecule has 13 heavy (non-hydrogen) atoms. The van der Waals surface area contributed by atoms with Crippen molar-refractivity contribution in [1.82, 2.24) is 0 Å². The van der Waals surface area contributed by atoms with Gasteiger partial charge in [-0.1, -0.05) is 19.1 Å². The van der Waals surface area contributed by atoms with Gasteiger partial charge in [-0.25, -0.2) is 0 Å². The Hall–Kier alpha value is -1.00. The zero-order chi connectivity index (χ0) is 10.5. The molecule has 1 amide bonds. The predicted molar refractivity (Wildman–Crippen MR) is 42.8 cm³/mol. The van der Waals surface area contributed by atoms with Crippen LogP contribution >= 0.6 is 0 Å².